The molecule has 266 valence electrons. The highest BCUT2D eigenvalue weighted by Crippen LogP contribution is 2.44. The lowest BCUT2D eigenvalue weighted by molar-refractivity contribution is -0.141. The van der Waals surface area contributed by atoms with E-state index in [0.29, 0.717) is 58.0 Å². The number of fused-ring (bicyclic) bond motifs is 1. The Balaban J connectivity index is 1.22. The summed E-state index contributed by atoms with van der Waals surface area (Å²) in [6.07, 6.45) is 6.48. The van der Waals surface area contributed by atoms with Gasteiger partial charge in [0, 0.05) is 61.6 Å². The fraction of sp³-hybridized carbons (Fsp3) is 0.543. The number of aromatic amines is 1. The molecule has 3 fully saturated rings. The van der Waals surface area contributed by atoms with Gasteiger partial charge in [0.2, 0.25) is 0 Å². The molecule has 0 amide bonds. The largest absolute Gasteiger partial charge is 0.481 e. The first-order valence-electron chi connectivity index (χ1n) is 17.1. The summed E-state index contributed by atoms with van der Waals surface area (Å²) in [6, 6.07) is 4.66. The SMILES string of the molecule is COCC1(CN(C)c2cc(-c3cc(C4CC4)nc(C(F)(F)F)c3)nc3nc(-c4cnc(N5CCC(SCC(=O)O)CC5)cn4)[nH]c23)CCCC1. The number of methoxy groups -OCH3 is 1. The van der Waals surface area contributed by atoms with Crippen LogP contribution >= 0.6 is 11.8 Å². The average Bonchev–Trinajstić information content (AvgIpc) is 3.71. The van der Waals surface area contributed by atoms with Gasteiger partial charge in [-0.2, -0.15) is 13.2 Å². The van der Waals surface area contributed by atoms with Crippen LogP contribution in [-0.4, -0.2) is 92.4 Å². The van der Waals surface area contributed by atoms with Gasteiger partial charge in [-0.3, -0.25) is 4.79 Å². The Morgan fingerprint density at radius 2 is 1.82 bits per heavy atom. The van der Waals surface area contributed by atoms with Gasteiger partial charge < -0.3 is 24.6 Å². The van der Waals surface area contributed by atoms with Crippen LogP contribution in [0.3, 0.4) is 0 Å². The van der Waals surface area contributed by atoms with Crippen LogP contribution in [0.4, 0.5) is 24.7 Å². The zero-order chi connectivity index (χ0) is 35.0. The molecular weight excluding hydrogens is 669 g/mol. The van der Waals surface area contributed by atoms with Crippen LogP contribution in [0.15, 0.2) is 30.6 Å². The molecule has 15 heteroatoms. The summed E-state index contributed by atoms with van der Waals surface area (Å²) in [6.45, 7) is 2.84. The highest BCUT2D eigenvalue weighted by molar-refractivity contribution is 8.00. The first kappa shape index (κ1) is 34.5. The molecule has 1 saturated heterocycles. The van der Waals surface area contributed by atoms with Gasteiger partial charge in [-0.25, -0.2) is 24.9 Å². The Labute approximate surface area is 292 Å². The van der Waals surface area contributed by atoms with Crippen molar-refractivity contribution < 1.29 is 27.8 Å². The van der Waals surface area contributed by atoms with E-state index >= 15 is 0 Å². The molecule has 2 N–H and O–H groups in total. The zero-order valence-corrected chi connectivity index (χ0v) is 29.0. The van der Waals surface area contributed by atoms with Crippen LogP contribution < -0.4 is 9.80 Å². The van der Waals surface area contributed by atoms with Crippen molar-refractivity contribution in [3.63, 3.8) is 0 Å². The van der Waals surface area contributed by atoms with E-state index in [1.807, 2.05) is 13.1 Å². The molecule has 0 unspecified atom stereocenters. The van der Waals surface area contributed by atoms with Gasteiger partial charge in [-0.05, 0) is 56.7 Å². The summed E-state index contributed by atoms with van der Waals surface area (Å²) in [7, 11) is 3.72. The van der Waals surface area contributed by atoms with E-state index in [9.17, 15) is 18.0 Å². The lowest BCUT2D eigenvalue weighted by atomic mass is 9.86. The summed E-state index contributed by atoms with van der Waals surface area (Å²) in [5.41, 5.74) is 2.57. The summed E-state index contributed by atoms with van der Waals surface area (Å²) in [5.74, 6) is 0.529. The smallest absolute Gasteiger partial charge is 0.433 e. The Hall–Kier alpha value is -3.98. The molecule has 0 bridgehead atoms. The standard InChI is InChI=1S/C35H41F3N8O3S/c1-45(19-34(20-49-2)9-3-4-10-34)27-15-25(22-13-24(21-5-6-21)41-28(14-22)35(36,37)38)42-33-31(27)43-32(44-33)26-16-40-29(17-39-26)46-11-7-23(8-12-46)50-18-30(47)48/h13-17,21,23H,3-12,18-20H2,1-2H3,(H,47,48)(H,42,43,44). The van der Waals surface area contributed by atoms with E-state index in [4.69, 9.17) is 19.8 Å². The summed E-state index contributed by atoms with van der Waals surface area (Å²) in [5, 5.41) is 9.30. The third-order valence-corrected chi connectivity index (χ3v) is 11.4. The number of halogens is 3. The number of ether oxygens (including phenoxy) is 1. The number of alkyl halides is 3. The molecule has 1 aliphatic heterocycles. The normalized spacial score (nSPS) is 18.2. The predicted molar refractivity (Wildman–Crippen MR) is 186 cm³/mol. The van der Waals surface area contributed by atoms with Crippen LogP contribution in [-0.2, 0) is 15.7 Å². The van der Waals surface area contributed by atoms with Crippen LogP contribution in [0.5, 0.6) is 0 Å². The number of hydrogen-bond donors (Lipinski definition) is 2. The maximum absolute atomic E-state index is 14.0. The first-order chi connectivity index (χ1) is 24.0. The van der Waals surface area contributed by atoms with Crippen molar-refractivity contribution in [1.29, 1.82) is 0 Å². The zero-order valence-electron chi connectivity index (χ0n) is 28.2. The molecule has 5 heterocycles. The molecule has 4 aromatic heterocycles. The lowest BCUT2D eigenvalue weighted by Crippen LogP contribution is -2.37. The molecule has 50 heavy (non-hydrogen) atoms. The third kappa shape index (κ3) is 7.53. The number of thioether (sulfide) groups is 1. The second-order valence-electron chi connectivity index (χ2n) is 13.9. The minimum atomic E-state index is -4.59. The second kappa shape index (κ2) is 14.0. The van der Waals surface area contributed by atoms with Gasteiger partial charge >= 0.3 is 12.1 Å². The number of hydrogen-bond acceptors (Lipinski definition) is 10. The number of carboxylic acid groups (broad SMARTS) is 1. The number of piperidine rings is 1. The van der Waals surface area contributed by atoms with Gasteiger partial charge in [-0.1, -0.05) is 12.8 Å². The highest BCUT2D eigenvalue weighted by atomic mass is 32.2. The summed E-state index contributed by atoms with van der Waals surface area (Å²) < 4.78 is 47.7. The van der Waals surface area contributed by atoms with Crippen molar-refractivity contribution in [2.45, 2.75) is 68.7 Å². The van der Waals surface area contributed by atoms with Crippen LogP contribution in [0.25, 0.3) is 33.9 Å². The van der Waals surface area contributed by atoms with Crippen molar-refractivity contribution in [1.82, 2.24) is 29.9 Å². The Bertz CT molecular complexity index is 1840. The number of pyridine rings is 2. The molecule has 0 radical (unpaired) electrons. The molecule has 0 atom stereocenters. The van der Waals surface area contributed by atoms with Gasteiger partial charge in [0.05, 0.1) is 36.1 Å². The van der Waals surface area contributed by atoms with Gasteiger partial charge in [0.15, 0.2) is 11.5 Å². The van der Waals surface area contributed by atoms with E-state index < -0.39 is 17.8 Å². The topological polar surface area (TPSA) is 133 Å². The minimum absolute atomic E-state index is 0.0268. The molecular formula is C35H41F3N8O3S. The van der Waals surface area contributed by atoms with Crippen molar-refractivity contribution >= 4 is 40.4 Å². The van der Waals surface area contributed by atoms with Crippen molar-refractivity contribution in [3.05, 3.63) is 42.0 Å². The van der Waals surface area contributed by atoms with E-state index in [0.717, 1.165) is 82.0 Å². The number of carboxylic acids is 1. The van der Waals surface area contributed by atoms with E-state index in [2.05, 4.69) is 29.7 Å². The molecule has 0 aromatic carbocycles. The third-order valence-electron chi connectivity index (χ3n) is 10.1. The molecule has 0 spiro atoms. The minimum Gasteiger partial charge on any atom is -0.481 e. The quantitative estimate of drug-likeness (QED) is 0.161. The fourth-order valence-corrected chi connectivity index (χ4v) is 8.31. The van der Waals surface area contributed by atoms with Gasteiger partial charge in [0.25, 0.3) is 0 Å². The van der Waals surface area contributed by atoms with Crippen molar-refractivity contribution in [2.75, 3.05) is 56.0 Å². The summed E-state index contributed by atoms with van der Waals surface area (Å²) >= 11 is 1.48. The number of anilines is 2. The number of nitrogens with one attached hydrogen (secondary N) is 1. The fourth-order valence-electron chi connectivity index (χ4n) is 7.39. The van der Waals surface area contributed by atoms with Crippen molar-refractivity contribution in [2.24, 2.45) is 5.41 Å². The molecule has 3 aliphatic rings. The number of aromatic nitrogens is 6. The van der Waals surface area contributed by atoms with Crippen LogP contribution in [0.1, 0.15) is 68.7 Å². The van der Waals surface area contributed by atoms with Gasteiger partial charge in [0.1, 0.15) is 22.7 Å². The number of aliphatic carboxylic acids is 1. The van der Waals surface area contributed by atoms with Crippen LogP contribution in [0.2, 0.25) is 0 Å². The first-order valence-corrected chi connectivity index (χ1v) is 18.2. The Kier molecular flexibility index (Phi) is 9.63. The number of rotatable bonds is 12. The van der Waals surface area contributed by atoms with E-state index in [1.165, 1.54) is 11.8 Å². The molecule has 11 nitrogen and oxygen atoms in total. The van der Waals surface area contributed by atoms with Crippen molar-refractivity contribution in [3.8, 4) is 22.8 Å². The molecule has 4 aromatic rings. The molecule has 7 rings (SSSR count). The monoisotopic (exact) mass is 710 g/mol. The Morgan fingerprint density at radius 1 is 1.06 bits per heavy atom. The average molecular weight is 711 g/mol. The Morgan fingerprint density at radius 3 is 2.46 bits per heavy atom. The maximum atomic E-state index is 14.0. The predicted octanol–water partition coefficient (Wildman–Crippen LogP) is 6.80. The van der Waals surface area contributed by atoms with Crippen LogP contribution in [0, 0.1) is 5.41 Å². The second-order valence-corrected chi connectivity index (χ2v) is 15.2. The summed E-state index contributed by atoms with van der Waals surface area (Å²) in [4.78, 5) is 41.6. The maximum Gasteiger partial charge on any atom is 0.433 e. The van der Waals surface area contributed by atoms with E-state index in [1.54, 1.807) is 25.6 Å². The van der Waals surface area contributed by atoms with E-state index in [-0.39, 0.29) is 17.1 Å². The molecule has 2 saturated carbocycles. The van der Waals surface area contributed by atoms with Gasteiger partial charge in [-0.15, -0.1) is 11.8 Å². The number of imidazole rings is 1. The number of H-pyrrole nitrogens is 1. The number of nitrogens with zero attached hydrogens (tertiary/aromatic N) is 7. The lowest BCUT2D eigenvalue weighted by Gasteiger charge is -2.34. The number of carbonyl (C=O) groups is 1. The highest BCUT2D eigenvalue weighted by Gasteiger charge is 2.37. The molecule has 2 aliphatic carbocycles.